The Morgan fingerprint density at radius 2 is 2.17 bits per heavy atom. The Hall–Kier alpha value is -1.68. The van der Waals surface area contributed by atoms with Crippen molar-refractivity contribution in [1.82, 2.24) is 4.90 Å². The summed E-state index contributed by atoms with van der Waals surface area (Å²) in [5, 5.41) is 0. The van der Waals surface area contributed by atoms with Crippen molar-refractivity contribution in [3.8, 4) is 0 Å². The molecule has 0 spiro atoms. The lowest BCUT2D eigenvalue weighted by atomic mass is 10.1. The average Bonchev–Trinajstić information content (AvgIpc) is 2.82. The Bertz CT molecular complexity index is 418. The van der Waals surface area contributed by atoms with E-state index in [1.165, 1.54) is 0 Å². The summed E-state index contributed by atoms with van der Waals surface area (Å²) in [4.78, 5) is 24.4. The van der Waals surface area contributed by atoms with E-state index in [0.29, 0.717) is 19.3 Å². The van der Waals surface area contributed by atoms with E-state index >= 15 is 0 Å². The van der Waals surface area contributed by atoms with Crippen LogP contribution in [-0.4, -0.2) is 36.0 Å². The highest BCUT2D eigenvalue weighted by Gasteiger charge is 2.36. The van der Waals surface area contributed by atoms with Gasteiger partial charge in [-0.3, -0.25) is 9.59 Å². The summed E-state index contributed by atoms with van der Waals surface area (Å²) in [7, 11) is 0. The largest absolute Gasteiger partial charge is 0.349 e. The molecule has 1 aliphatic rings. The minimum atomic E-state index is -0.717. The van der Waals surface area contributed by atoms with Crippen molar-refractivity contribution in [3.63, 3.8) is 0 Å². The van der Waals surface area contributed by atoms with Crippen LogP contribution >= 0.6 is 0 Å². The molecule has 18 heavy (non-hydrogen) atoms. The van der Waals surface area contributed by atoms with Gasteiger partial charge in [0.15, 0.2) is 12.5 Å². The molecule has 2 rings (SSSR count). The number of ether oxygens (including phenoxy) is 1. The van der Waals surface area contributed by atoms with Gasteiger partial charge >= 0.3 is 0 Å². The van der Waals surface area contributed by atoms with Gasteiger partial charge in [0.25, 0.3) is 0 Å². The van der Waals surface area contributed by atoms with Crippen LogP contribution in [-0.2, 0) is 20.7 Å². The first-order valence-electron chi connectivity index (χ1n) is 6.18. The van der Waals surface area contributed by atoms with E-state index in [9.17, 15) is 9.59 Å². The molecule has 0 radical (unpaired) electrons. The first-order valence-corrected chi connectivity index (χ1v) is 6.18. The highest BCUT2D eigenvalue weighted by molar-refractivity contribution is 5.79. The second kappa shape index (κ2) is 5.78. The number of nitrogens with zero attached hydrogens (tertiary/aromatic N) is 1. The molecule has 4 nitrogen and oxygen atoms in total. The standard InChI is InChI=1S/C14H17NO3/c1-2-13(17)15-12(10-18-14(15)9-16)8-11-6-4-3-5-7-11/h3-7,9,12,14H,2,8,10H2,1H3/t12-,14?/m1/s1. The highest BCUT2D eigenvalue weighted by atomic mass is 16.5. The Labute approximate surface area is 107 Å². The van der Waals surface area contributed by atoms with Crippen LogP contribution in [0.1, 0.15) is 18.9 Å². The molecule has 2 atom stereocenters. The molecule has 1 fully saturated rings. The molecular weight excluding hydrogens is 230 g/mol. The van der Waals surface area contributed by atoms with Gasteiger partial charge in [0.2, 0.25) is 5.91 Å². The van der Waals surface area contributed by atoms with Crippen LogP contribution in [0.3, 0.4) is 0 Å². The van der Waals surface area contributed by atoms with Gasteiger partial charge in [0.05, 0.1) is 12.6 Å². The molecule has 4 heteroatoms. The molecule has 1 heterocycles. The quantitative estimate of drug-likeness (QED) is 0.755. The van der Waals surface area contributed by atoms with E-state index in [1.54, 1.807) is 11.8 Å². The lowest BCUT2D eigenvalue weighted by Gasteiger charge is -2.25. The molecule has 1 aromatic rings. The summed E-state index contributed by atoms with van der Waals surface area (Å²) >= 11 is 0. The molecule has 1 amide bonds. The third kappa shape index (κ3) is 2.59. The summed E-state index contributed by atoms with van der Waals surface area (Å²) in [5.74, 6) is -0.0365. The number of hydrogen-bond donors (Lipinski definition) is 0. The van der Waals surface area contributed by atoms with Gasteiger partial charge in [-0.2, -0.15) is 0 Å². The fraction of sp³-hybridized carbons (Fsp3) is 0.429. The third-order valence-corrected chi connectivity index (χ3v) is 3.15. The zero-order chi connectivity index (χ0) is 13.0. The van der Waals surface area contributed by atoms with E-state index in [4.69, 9.17) is 4.74 Å². The average molecular weight is 247 g/mol. The molecule has 1 aromatic carbocycles. The van der Waals surface area contributed by atoms with Gasteiger partial charge in [-0.1, -0.05) is 37.3 Å². The van der Waals surface area contributed by atoms with Crippen molar-refractivity contribution in [2.24, 2.45) is 0 Å². The summed E-state index contributed by atoms with van der Waals surface area (Å²) in [6, 6.07) is 9.88. The van der Waals surface area contributed by atoms with E-state index in [-0.39, 0.29) is 11.9 Å². The van der Waals surface area contributed by atoms with Crippen LogP contribution in [0.4, 0.5) is 0 Å². The maximum absolute atomic E-state index is 11.9. The summed E-state index contributed by atoms with van der Waals surface area (Å²) in [6.45, 7) is 2.21. The number of benzene rings is 1. The van der Waals surface area contributed by atoms with Crippen LogP contribution in [0, 0.1) is 0 Å². The van der Waals surface area contributed by atoms with Crippen molar-refractivity contribution < 1.29 is 14.3 Å². The van der Waals surface area contributed by atoms with E-state index in [0.717, 1.165) is 12.0 Å². The summed E-state index contributed by atoms with van der Waals surface area (Å²) < 4.78 is 5.36. The summed E-state index contributed by atoms with van der Waals surface area (Å²) in [5.41, 5.74) is 1.14. The number of amides is 1. The minimum Gasteiger partial charge on any atom is -0.349 e. The summed E-state index contributed by atoms with van der Waals surface area (Å²) in [6.07, 6.45) is 1.08. The van der Waals surface area contributed by atoms with Crippen LogP contribution < -0.4 is 0 Å². The Morgan fingerprint density at radius 1 is 1.44 bits per heavy atom. The molecule has 0 bridgehead atoms. The maximum atomic E-state index is 11.9. The van der Waals surface area contributed by atoms with Crippen LogP contribution in [0.2, 0.25) is 0 Å². The van der Waals surface area contributed by atoms with Crippen LogP contribution in [0.15, 0.2) is 30.3 Å². The smallest absolute Gasteiger partial charge is 0.225 e. The topological polar surface area (TPSA) is 46.6 Å². The van der Waals surface area contributed by atoms with Gasteiger partial charge in [0, 0.05) is 6.42 Å². The first-order chi connectivity index (χ1) is 8.76. The Balaban J connectivity index is 2.12. The van der Waals surface area contributed by atoms with Gasteiger partial charge in [-0.25, -0.2) is 0 Å². The molecule has 0 aliphatic carbocycles. The van der Waals surface area contributed by atoms with Gasteiger partial charge in [-0.15, -0.1) is 0 Å². The normalized spacial score (nSPS) is 23.1. The number of hydrogen-bond acceptors (Lipinski definition) is 3. The lowest BCUT2D eigenvalue weighted by molar-refractivity contribution is -0.142. The highest BCUT2D eigenvalue weighted by Crippen LogP contribution is 2.20. The van der Waals surface area contributed by atoms with Gasteiger partial charge in [0.1, 0.15) is 0 Å². The van der Waals surface area contributed by atoms with Crippen LogP contribution in [0.5, 0.6) is 0 Å². The van der Waals surface area contributed by atoms with E-state index in [2.05, 4.69) is 0 Å². The van der Waals surface area contributed by atoms with Crippen molar-refractivity contribution >= 4 is 12.2 Å². The Morgan fingerprint density at radius 3 is 2.78 bits per heavy atom. The van der Waals surface area contributed by atoms with E-state index in [1.807, 2.05) is 30.3 Å². The number of rotatable bonds is 4. The van der Waals surface area contributed by atoms with E-state index < -0.39 is 6.23 Å². The molecule has 0 N–H and O–H groups in total. The number of carbonyl (C=O) groups excluding carboxylic acids is 2. The molecule has 1 unspecified atom stereocenters. The van der Waals surface area contributed by atoms with Gasteiger partial charge < -0.3 is 9.64 Å². The Kier molecular flexibility index (Phi) is 4.10. The molecule has 0 aromatic heterocycles. The fourth-order valence-corrected chi connectivity index (χ4v) is 2.25. The maximum Gasteiger partial charge on any atom is 0.225 e. The first kappa shape index (κ1) is 12.8. The molecule has 96 valence electrons. The lowest BCUT2D eigenvalue weighted by Crippen LogP contribution is -2.43. The van der Waals surface area contributed by atoms with Gasteiger partial charge in [-0.05, 0) is 12.0 Å². The predicted octanol–water partition coefficient (Wildman–Crippen LogP) is 1.39. The predicted molar refractivity (Wildman–Crippen MR) is 66.9 cm³/mol. The van der Waals surface area contributed by atoms with Crippen molar-refractivity contribution in [3.05, 3.63) is 35.9 Å². The second-order valence-electron chi connectivity index (χ2n) is 4.36. The van der Waals surface area contributed by atoms with Crippen molar-refractivity contribution in [2.45, 2.75) is 32.0 Å². The molecule has 0 saturated carbocycles. The molecular formula is C14H17NO3. The van der Waals surface area contributed by atoms with Crippen molar-refractivity contribution in [2.75, 3.05) is 6.61 Å². The monoisotopic (exact) mass is 247 g/mol. The number of carbonyl (C=O) groups is 2. The zero-order valence-electron chi connectivity index (χ0n) is 10.4. The number of aldehydes is 1. The fourth-order valence-electron chi connectivity index (χ4n) is 2.25. The SMILES string of the molecule is CCC(=O)N1C(C=O)OC[C@H]1Cc1ccccc1. The minimum absolute atomic E-state index is 0.0365. The molecule has 1 saturated heterocycles. The molecule has 1 aliphatic heterocycles. The zero-order valence-corrected chi connectivity index (χ0v) is 10.4. The third-order valence-electron chi connectivity index (χ3n) is 3.15. The van der Waals surface area contributed by atoms with Crippen LogP contribution in [0.25, 0.3) is 0 Å². The second-order valence-corrected chi connectivity index (χ2v) is 4.36. The van der Waals surface area contributed by atoms with Crippen molar-refractivity contribution in [1.29, 1.82) is 0 Å².